The molecule has 2 aliphatic heterocycles. The first-order valence-corrected chi connectivity index (χ1v) is 6.97. The van der Waals surface area contributed by atoms with Crippen LogP contribution >= 0.6 is 0 Å². The van der Waals surface area contributed by atoms with Crippen LogP contribution in [0.3, 0.4) is 0 Å². The maximum Gasteiger partial charge on any atom is 0.161 e. The smallest absolute Gasteiger partial charge is 0.161 e. The van der Waals surface area contributed by atoms with Gasteiger partial charge < -0.3 is 15.2 Å². The Hall–Kier alpha value is -1.26. The normalized spacial score (nSPS) is 26.5. The first-order valence-electron chi connectivity index (χ1n) is 6.97. The molecule has 4 nitrogen and oxygen atoms in total. The quantitative estimate of drug-likeness (QED) is 0.881. The molecular formula is C15H22N2O2. The Morgan fingerprint density at radius 2 is 1.89 bits per heavy atom. The van der Waals surface area contributed by atoms with E-state index in [1.807, 2.05) is 0 Å². The summed E-state index contributed by atoms with van der Waals surface area (Å²) in [6.07, 6.45) is 3.24. The lowest BCUT2D eigenvalue weighted by atomic mass is 9.85. The third-order valence-corrected chi connectivity index (χ3v) is 4.43. The first kappa shape index (κ1) is 12.8. The highest BCUT2D eigenvalue weighted by molar-refractivity contribution is 5.49. The van der Waals surface area contributed by atoms with Crippen LogP contribution in [0.15, 0.2) is 12.1 Å². The summed E-state index contributed by atoms with van der Waals surface area (Å²) in [5.74, 6) is 1.65. The molecule has 2 unspecified atom stereocenters. The maximum absolute atomic E-state index is 6.14. The third-order valence-electron chi connectivity index (χ3n) is 4.43. The molecule has 0 radical (unpaired) electrons. The molecule has 2 N–H and O–H groups in total. The minimum Gasteiger partial charge on any atom is -0.493 e. The van der Waals surface area contributed by atoms with E-state index in [1.54, 1.807) is 14.2 Å². The predicted octanol–water partition coefficient (Wildman–Crippen LogP) is 1.72. The minimum atomic E-state index is 0.320. The van der Waals surface area contributed by atoms with Gasteiger partial charge in [0.2, 0.25) is 0 Å². The van der Waals surface area contributed by atoms with E-state index in [9.17, 15) is 0 Å². The van der Waals surface area contributed by atoms with Crippen molar-refractivity contribution in [2.24, 2.45) is 5.73 Å². The van der Waals surface area contributed by atoms with E-state index in [0.717, 1.165) is 43.9 Å². The molecule has 1 fully saturated rings. The second-order valence-corrected chi connectivity index (χ2v) is 5.49. The van der Waals surface area contributed by atoms with Gasteiger partial charge in [0.1, 0.15) is 0 Å². The highest BCUT2D eigenvalue weighted by Crippen LogP contribution is 2.41. The lowest BCUT2D eigenvalue weighted by Gasteiger charge is -2.42. The number of rotatable bonds is 2. The van der Waals surface area contributed by atoms with E-state index in [1.165, 1.54) is 11.1 Å². The van der Waals surface area contributed by atoms with Gasteiger partial charge in [-0.2, -0.15) is 0 Å². The van der Waals surface area contributed by atoms with Crippen LogP contribution in [0, 0.1) is 0 Å². The van der Waals surface area contributed by atoms with Crippen molar-refractivity contribution in [2.75, 3.05) is 27.3 Å². The number of hydrogen-bond acceptors (Lipinski definition) is 4. The van der Waals surface area contributed by atoms with E-state index in [0.29, 0.717) is 12.1 Å². The average molecular weight is 262 g/mol. The molecule has 2 aliphatic rings. The average Bonchev–Trinajstić information content (AvgIpc) is 2.45. The Morgan fingerprint density at radius 1 is 1.16 bits per heavy atom. The summed E-state index contributed by atoms with van der Waals surface area (Å²) in [5, 5.41) is 0. The number of piperidine rings is 1. The van der Waals surface area contributed by atoms with Crippen LogP contribution in [0.25, 0.3) is 0 Å². The van der Waals surface area contributed by atoms with Gasteiger partial charge in [-0.05, 0) is 42.5 Å². The van der Waals surface area contributed by atoms with Crippen molar-refractivity contribution in [1.82, 2.24) is 4.90 Å². The van der Waals surface area contributed by atoms with Gasteiger partial charge in [0, 0.05) is 25.2 Å². The molecule has 19 heavy (non-hydrogen) atoms. The zero-order valence-corrected chi connectivity index (χ0v) is 11.7. The molecule has 2 atom stereocenters. The topological polar surface area (TPSA) is 47.7 Å². The number of hydrogen-bond donors (Lipinski definition) is 1. The maximum atomic E-state index is 6.14. The van der Waals surface area contributed by atoms with Gasteiger partial charge in [-0.3, -0.25) is 4.90 Å². The fourth-order valence-corrected chi connectivity index (χ4v) is 3.36. The molecule has 0 spiro atoms. The number of benzene rings is 1. The van der Waals surface area contributed by atoms with Gasteiger partial charge >= 0.3 is 0 Å². The van der Waals surface area contributed by atoms with Gasteiger partial charge in [-0.1, -0.05) is 0 Å². The largest absolute Gasteiger partial charge is 0.493 e. The van der Waals surface area contributed by atoms with Crippen LogP contribution < -0.4 is 15.2 Å². The fourth-order valence-electron chi connectivity index (χ4n) is 3.36. The van der Waals surface area contributed by atoms with Crippen LogP contribution in [0.1, 0.15) is 30.0 Å². The molecule has 0 saturated carbocycles. The molecule has 0 amide bonds. The van der Waals surface area contributed by atoms with Crippen molar-refractivity contribution in [3.05, 3.63) is 23.3 Å². The Balaban J connectivity index is 2.01. The number of fused-ring (bicyclic) bond motifs is 3. The van der Waals surface area contributed by atoms with E-state index in [2.05, 4.69) is 17.0 Å². The summed E-state index contributed by atoms with van der Waals surface area (Å²) in [5.41, 5.74) is 8.90. The van der Waals surface area contributed by atoms with Crippen molar-refractivity contribution in [1.29, 1.82) is 0 Å². The zero-order chi connectivity index (χ0) is 13.4. The number of nitrogens with two attached hydrogens (primary N) is 1. The fraction of sp³-hybridized carbons (Fsp3) is 0.600. The SMILES string of the molecule is COc1cc2c(cc1OC)C1CC(N)CCN1CC2. The van der Waals surface area contributed by atoms with Gasteiger partial charge in [0.15, 0.2) is 11.5 Å². The number of methoxy groups -OCH3 is 2. The van der Waals surface area contributed by atoms with E-state index in [4.69, 9.17) is 15.2 Å². The van der Waals surface area contributed by atoms with Crippen LogP contribution in [-0.2, 0) is 6.42 Å². The summed E-state index contributed by atoms with van der Waals surface area (Å²) in [4.78, 5) is 2.55. The Morgan fingerprint density at radius 3 is 2.63 bits per heavy atom. The lowest BCUT2D eigenvalue weighted by molar-refractivity contribution is 0.126. The van der Waals surface area contributed by atoms with Gasteiger partial charge in [-0.25, -0.2) is 0 Å². The molecule has 0 aliphatic carbocycles. The molecule has 3 rings (SSSR count). The Bertz CT molecular complexity index is 475. The van der Waals surface area contributed by atoms with Crippen LogP contribution in [-0.4, -0.2) is 38.3 Å². The summed E-state index contributed by atoms with van der Waals surface area (Å²) in [6.45, 7) is 2.24. The van der Waals surface area contributed by atoms with Crippen molar-refractivity contribution in [2.45, 2.75) is 31.3 Å². The highest BCUT2D eigenvalue weighted by atomic mass is 16.5. The van der Waals surface area contributed by atoms with Crippen LogP contribution in [0.4, 0.5) is 0 Å². The molecule has 4 heteroatoms. The van der Waals surface area contributed by atoms with Gasteiger partial charge in [-0.15, -0.1) is 0 Å². The van der Waals surface area contributed by atoms with Crippen LogP contribution in [0.2, 0.25) is 0 Å². The zero-order valence-electron chi connectivity index (χ0n) is 11.7. The molecule has 1 aromatic rings. The second-order valence-electron chi connectivity index (χ2n) is 5.49. The molecule has 0 bridgehead atoms. The molecule has 104 valence electrons. The summed E-state index contributed by atoms with van der Waals surface area (Å²) >= 11 is 0. The van der Waals surface area contributed by atoms with Crippen molar-refractivity contribution < 1.29 is 9.47 Å². The molecular weight excluding hydrogens is 240 g/mol. The first-order chi connectivity index (χ1) is 9.22. The summed E-state index contributed by atoms with van der Waals surface area (Å²) in [7, 11) is 3.38. The second kappa shape index (κ2) is 5.02. The predicted molar refractivity (Wildman–Crippen MR) is 74.8 cm³/mol. The lowest BCUT2D eigenvalue weighted by Crippen LogP contribution is -2.45. The third kappa shape index (κ3) is 2.19. The molecule has 0 aromatic heterocycles. The van der Waals surface area contributed by atoms with E-state index in [-0.39, 0.29) is 0 Å². The van der Waals surface area contributed by atoms with Crippen molar-refractivity contribution in [3.63, 3.8) is 0 Å². The van der Waals surface area contributed by atoms with E-state index < -0.39 is 0 Å². The highest BCUT2D eigenvalue weighted by Gasteiger charge is 2.33. The number of ether oxygens (including phenoxy) is 2. The van der Waals surface area contributed by atoms with E-state index >= 15 is 0 Å². The Kier molecular flexibility index (Phi) is 3.37. The van der Waals surface area contributed by atoms with Crippen molar-refractivity contribution >= 4 is 0 Å². The molecule has 2 heterocycles. The van der Waals surface area contributed by atoms with Crippen LogP contribution in [0.5, 0.6) is 11.5 Å². The standard InChI is InChI=1S/C15H22N2O2/c1-18-14-7-10-3-5-17-6-4-11(16)8-13(17)12(10)9-15(14)19-2/h7,9,11,13H,3-6,8,16H2,1-2H3. The van der Waals surface area contributed by atoms with Crippen molar-refractivity contribution in [3.8, 4) is 11.5 Å². The minimum absolute atomic E-state index is 0.320. The summed E-state index contributed by atoms with van der Waals surface area (Å²) in [6, 6.07) is 5.04. The number of nitrogens with zero attached hydrogens (tertiary/aromatic N) is 1. The summed E-state index contributed by atoms with van der Waals surface area (Å²) < 4.78 is 10.8. The monoisotopic (exact) mass is 262 g/mol. The van der Waals surface area contributed by atoms with Gasteiger partial charge in [0.05, 0.1) is 14.2 Å². The Labute approximate surface area is 114 Å². The molecule has 1 saturated heterocycles. The molecule has 1 aromatic carbocycles. The van der Waals surface area contributed by atoms with Gasteiger partial charge in [0.25, 0.3) is 0 Å².